The normalized spacial score (nSPS) is 22.4. The van der Waals surface area contributed by atoms with Crippen LogP contribution in [0.1, 0.15) is 13.8 Å². The molecule has 1 aliphatic rings. The van der Waals surface area contributed by atoms with Crippen molar-refractivity contribution >= 4 is 6.03 Å². The third-order valence-corrected chi connectivity index (χ3v) is 3.17. The van der Waals surface area contributed by atoms with Crippen LogP contribution in [-0.4, -0.2) is 57.6 Å². The zero-order valence-electron chi connectivity index (χ0n) is 9.83. The molecule has 88 valence electrons. The van der Waals surface area contributed by atoms with Crippen LogP contribution in [-0.2, 0) is 0 Å². The summed E-state index contributed by atoms with van der Waals surface area (Å²) in [5.41, 5.74) is 0. The fraction of sp³-hybridized carbons (Fsp3) is 0.636. The van der Waals surface area contributed by atoms with Crippen molar-refractivity contribution in [3.8, 4) is 0 Å². The number of amides is 1. The molecule has 1 amide bonds. The molecule has 0 aromatic carbocycles. The van der Waals surface area contributed by atoms with Crippen LogP contribution < -0.4 is 0 Å². The molecule has 2 rings (SSSR count). The van der Waals surface area contributed by atoms with E-state index >= 15 is 0 Å². The largest absolute Gasteiger partial charge is 0.329 e. The van der Waals surface area contributed by atoms with Gasteiger partial charge in [-0.05, 0) is 13.5 Å². The maximum Gasteiger partial charge on any atom is 0.329 e. The van der Waals surface area contributed by atoms with Gasteiger partial charge in [0.25, 0.3) is 0 Å². The lowest BCUT2D eigenvalue weighted by atomic mass is 10.2. The predicted molar refractivity (Wildman–Crippen MR) is 61.3 cm³/mol. The molecule has 0 saturated carbocycles. The van der Waals surface area contributed by atoms with Gasteiger partial charge in [-0.15, -0.1) is 0 Å². The molecule has 5 heteroatoms. The number of rotatable bonds is 1. The number of carbonyl (C=O) groups excluding carboxylic acids is 1. The fourth-order valence-electron chi connectivity index (χ4n) is 2.17. The second-order valence-corrected chi connectivity index (χ2v) is 4.18. The first-order chi connectivity index (χ1) is 7.72. The number of piperazine rings is 1. The summed E-state index contributed by atoms with van der Waals surface area (Å²) in [5, 5.41) is 0. The topological polar surface area (TPSA) is 41.4 Å². The molecule has 1 aromatic heterocycles. The van der Waals surface area contributed by atoms with Crippen LogP contribution in [0.3, 0.4) is 0 Å². The molecule has 2 heterocycles. The van der Waals surface area contributed by atoms with Crippen LogP contribution in [0.5, 0.6) is 0 Å². The maximum absolute atomic E-state index is 12.0. The number of carbonyl (C=O) groups is 1. The average molecular weight is 222 g/mol. The van der Waals surface area contributed by atoms with Crippen molar-refractivity contribution in [2.45, 2.75) is 19.9 Å². The Morgan fingerprint density at radius 2 is 2.31 bits per heavy atom. The first-order valence-corrected chi connectivity index (χ1v) is 5.73. The standard InChI is InChI=1S/C11H18N4O/c1-3-13-6-7-14(8-10(13)2)11(16)15-5-4-12-9-15/h4-5,9-10H,3,6-8H2,1-2H3. The van der Waals surface area contributed by atoms with E-state index in [2.05, 4.69) is 23.7 Å². The Hall–Kier alpha value is -1.36. The molecule has 1 fully saturated rings. The lowest BCUT2D eigenvalue weighted by Crippen LogP contribution is -2.54. The Balaban J connectivity index is 2.00. The number of hydrogen-bond donors (Lipinski definition) is 0. The second kappa shape index (κ2) is 4.65. The monoisotopic (exact) mass is 222 g/mol. The third kappa shape index (κ3) is 2.09. The summed E-state index contributed by atoms with van der Waals surface area (Å²) in [7, 11) is 0. The molecule has 0 N–H and O–H groups in total. The maximum atomic E-state index is 12.0. The quantitative estimate of drug-likeness (QED) is 0.708. The van der Waals surface area contributed by atoms with Gasteiger partial charge in [-0.25, -0.2) is 9.78 Å². The van der Waals surface area contributed by atoms with Gasteiger partial charge in [0.15, 0.2) is 0 Å². The van der Waals surface area contributed by atoms with Crippen molar-refractivity contribution in [1.82, 2.24) is 19.4 Å². The van der Waals surface area contributed by atoms with Crippen molar-refractivity contribution < 1.29 is 4.79 Å². The van der Waals surface area contributed by atoms with Gasteiger partial charge in [0.1, 0.15) is 6.33 Å². The zero-order valence-corrected chi connectivity index (χ0v) is 9.83. The molecular weight excluding hydrogens is 204 g/mol. The predicted octanol–water partition coefficient (Wildman–Crippen LogP) is 0.877. The van der Waals surface area contributed by atoms with Gasteiger partial charge in [0.2, 0.25) is 0 Å². The van der Waals surface area contributed by atoms with Gasteiger partial charge in [0, 0.05) is 38.1 Å². The highest BCUT2D eigenvalue weighted by Crippen LogP contribution is 2.10. The van der Waals surface area contributed by atoms with E-state index in [4.69, 9.17) is 0 Å². The molecular formula is C11H18N4O. The van der Waals surface area contributed by atoms with E-state index in [-0.39, 0.29) is 6.03 Å². The first kappa shape index (κ1) is 11.1. The molecule has 5 nitrogen and oxygen atoms in total. The van der Waals surface area contributed by atoms with Gasteiger partial charge in [-0.3, -0.25) is 9.47 Å². The van der Waals surface area contributed by atoms with Gasteiger partial charge in [-0.1, -0.05) is 6.92 Å². The van der Waals surface area contributed by atoms with Crippen molar-refractivity contribution in [2.24, 2.45) is 0 Å². The fourth-order valence-corrected chi connectivity index (χ4v) is 2.17. The van der Waals surface area contributed by atoms with Gasteiger partial charge < -0.3 is 4.90 Å². The summed E-state index contributed by atoms with van der Waals surface area (Å²) in [6, 6.07) is 0.464. The number of likely N-dealkylation sites (N-methyl/N-ethyl adjacent to an activating group) is 1. The minimum Gasteiger partial charge on any atom is -0.321 e. The Labute approximate surface area is 95.7 Å². The SMILES string of the molecule is CCN1CCN(C(=O)n2ccnc2)CC1C. The molecule has 1 unspecified atom stereocenters. The molecule has 0 aliphatic carbocycles. The first-order valence-electron chi connectivity index (χ1n) is 5.73. The summed E-state index contributed by atoms with van der Waals surface area (Å²) in [6.07, 6.45) is 4.88. The lowest BCUT2D eigenvalue weighted by Gasteiger charge is -2.39. The van der Waals surface area contributed by atoms with Crippen molar-refractivity contribution in [3.63, 3.8) is 0 Å². The Morgan fingerprint density at radius 1 is 1.50 bits per heavy atom. The summed E-state index contributed by atoms with van der Waals surface area (Å²) in [6.45, 7) is 7.92. The van der Waals surface area contributed by atoms with Gasteiger partial charge >= 0.3 is 6.03 Å². The Bertz CT molecular complexity index is 349. The smallest absolute Gasteiger partial charge is 0.321 e. The highest BCUT2D eigenvalue weighted by Gasteiger charge is 2.26. The number of imidazole rings is 1. The van der Waals surface area contributed by atoms with Gasteiger partial charge in [-0.2, -0.15) is 0 Å². The van der Waals surface area contributed by atoms with Crippen LogP contribution in [0.2, 0.25) is 0 Å². The van der Waals surface area contributed by atoms with Crippen LogP contribution in [0.4, 0.5) is 4.79 Å². The molecule has 0 bridgehead atoms. The van der Waals surface area contributed by atoms with Crippen molar-refractivity contribution in [3.05, 3.63) is 18.7 Å². The van der Waals surface area contributed by atoms with Gasteiger partial charge in [0.05, 0.1) is 0 Å². The molecule has 1 aliphatic heterocycles. The average Bonchev–Trinajstić information content (AvgIpc) is 2.81. The van der Waals surface area contributed by atoms with Crippen LogP contribution in [0.15, 0.2) is 18.7 Å². The van der Waals surface area contributed by atoms with E-state index in [1.54, 1.807) is 18.7 Å². The number of hydrogen-bond acceptors (Lipinski definition) is 3. The summed E-state index contributed by atoms with van der Waals surface area (Å²) >= 11 is 0. The van der Waals surface area contributed by atoms with E-state index in [9.17, 15) is 4.79 Å². The number of aromatic nitrogens is 2. The minimum atomic E-state index is 0.0279. The van der Waals surface area contributed by atoms with E-state index < -0.39 is 0 Å². The molecule has 0 radical (unpaired) electrons. The Kier molecular flexibility index (Phi) is 3.24. The van der Waals surface area contributed by atoms with Crippen LogP contribution in [0, 0.1) is 0 Å². The lowest BCUT2D eigenvalue weighted by molar-refractivity contribution is 0.103. The Morgan fingerprint density at radius 3 is 2.88 bits per heavy atom. The third-order valence-electron chi connectivity index (χ3n) is 3.17. The molecule has 1 saturated heterocycles. The van der Waals surface area contributed by atoms with Crippen LogP contribution >= 0.6 is 0 Å². The molecule has 1 aromatic rings. The van der Waals surface area contributed by atoms with E-state index in [1.807, 2.05) is 4.90 Å². The van der Waals surface area contributed by atoms with E-state index in [1.165, 1.54) is 4.57 Å². The second-order valence-electron chi connectivity index (χ2n) is 4.18. The summed E-state index contributed by atoms with van der Waals surface area (Å²) in [4.78, 5) is 20.2. The highest BCUT2D eigenvalue weighted by atomic mass is 16.2. The molecule has 0 spiro atoms. The van der Waals surface area contributed by atoms with E-state index in [0.29, 0.717) is 6.04 Å². The molecule has 1 atom stereocenters. The zero-order chi connectivity index (χ0) is 11.5. The summed E-state index contributed by atoms with van der Waals surface area (Å²) in [5.74, 6) is 0. The van der Waals surface area contributed by atoms with Crippen molar-refractivity contribution in [2.75, 3.05) is 26.2 Å². The molecule has 16 heavy (non-hydrogen) atoms. The highest BCUT2D eigenvalue weighted by molar-refractivity contribution is 5.76. The summed E-state index contributed by atoms with van der Waals surface area (Å²) < 4.78 is 1.54. The van der Waals surface area contributed by atoms with E-state index in [0.717, 1.165) is 26.2 Å². The van der Waals surface area contributed by atoms with Crippen LogP contribution in [0.25, 0.3) is 0 Å². The minimum absolute atomic E-state index is 0.0279. The van der Waals surface area contributed by atoms with Crippen molar-refractivity contribution in [1.29, 1.82) is 0 Å². The number of nitrogens with zero attached hydrogens (tertiary/aromatic N) is 4.